The third-order valence-electron chi connectivity index (χ3n) is 4.44. The third kappa shape index (κ3) is 5.94. The number of esters is 1. The minimum absolute atomic E-state index is 0.342. The van der Waals surface area contributed by atoms with Crippen molar-refractivity contribution in [3.8, 4) is 5.75 Å². The number of carbonyl (C=O) groups excluding carboxylic acids is 2. The molecule has 0 saturated heterocycles. The maximum absolute atomic E-state index is 12.6. The molecule has 1 N–H and O–H groups in total. The van der Waals surface area contributed by atoms with E-state index < -0.39 is 12.0 Å². The Bertz CT molecular complexity index is 924. The first kappa shape index (κ1) is 20.1. The summed E-state index contributed by atoms with van der Waals surface area (Å²) >= 11 is 0. The molecule has 5 nitrogen and oxygen atoms in total. The molecule has 0 heterocycles. The maximum atomic E-state index is 12.6. The first-order chi connectivity index (χ1) is 14.2. The van der Waals surface area contributed by atoms with Crippen molar-refractivity contribution < 1.29 is 19.1 Å². The molecule has 0 bridgehead atoms. The van der Waals surface area contributed by atoms with Crippen LogP contribution in [0.25, 0.3) is 0 Å². The second-order valence-corrected chi connectivity index (χ2v) is 6.54. The lowest BCUT2D eigenvalue weighted by Gasteiger charge is -2.17. The van der Waals surface area contributed by atoms with Crippen molar-refractivity contribution in [2.75, 3.05) is 7.11 Å². The molecule has 0 saturated carbocycles. The number of rotatable bonds is 8. The molecule has 0 fully saturated rings. The summed E-state index contributed by atoms with van der Waals surface area (Å²) in [5.74, 6) is -0.157. The second kappa shape index (κ2) is 10.1. The summed E-state index contributed by atoms with van der Waals surface area (Å²) in [4.78, 5) is 24.7. The van der Waals surface area contributed by atoms with Crippen molar-refractivity contribution in [3.63, 3.8) is 0 Å². The van der Waals surface area contributed by atoms with Crippen LogP contribution >= 0.6 is 0 Å². The lowest BCUT2D eigenvalue weighted by molar-refractivity contribution is -0.142. The Hall–Kier alpha value is -3.60. The summed E-state index contributed by atoms with van der Waals surface area (Å²) < 4.78 is 10.6. The van der Waals surface area contributed by atoms with Crippen molar-refractivity contribution in [1.82, 2.24) is 5.32 Å². The van der Waals surface area contributed by atoms with Crippen LogP contribution in [0.5, 0.6) is 5.75 Å². The van der Waals surface area contributed by atoms with E-state index >= 15 is 0 Å². The van der Waals surface area contributed by atoms with Crippen molar-refractivity contribution in [2.45, 2.75) is 19.1 Å². The molecule has 29 heavy (non-hydrogen) atoms. The predicted octanol–water partition coefficient (Wildman–Crippen LogP) is 3.78. The summed E-state index contributed by atoms with van der Waals surface area (Å²) in [5.41, 5.74) is 2.45. The van der Waals surface area contributed by atoms with E-state index in [4.69, 9.17) is 9.47 Å². The van der Waals surface area contributed by atoms with E-state index in [1.807, 2.05) is 60.7 Å². The lowest BCUT2D eigenvalue weighted by atomic mass is 10.1. The van der Waals surface area contributed by atoms with Crippen molar-refractivity contribution >= 4 is 11.9 Å². The van der Waals surface area contributed by atoms with Gasteiger partial charge < -0.3 is 14.8 Å². The van der Waals surface area contributed by atoms with Gasteiger partial charge in [-0.25, -0.2) is 4.79 Å². The molecule has 1 amide bonds. The number of ether oxygens (including phenoxy) is 2. The van der Waals surface area contributed by atoms with Gasteiger partial charge in [0, 0.05) is 12.0 Å². The van der Waals surface area contributed by atoms with Gasteiger partial charge in [0.25, 0.3) is 5.91 Å². The van der Waals surface area contributed by atoms with Gasteiger partial charge in [0.05, 0.1) is 7.11 Å². The van der Waals surface area contributed by atoms with Crippen LogP contribution in [0, 0.1) is 0 Å². The highest BCUT2D eigenvalue weighted by Crippen LogP contribution is 2.15. The number of carbonyl (C=O) groups is 2. The highest BCUT2D eigenvalue weighted by Gasteiger charge is 2.22. The Morgan fingerprint density at radius 3 is 2.00 bits per heavy atom. The summed E-state index contributed by atoms with van der Waals surface area (Å²) in [6, 6.07) is 25.4. The van der Waals surface area contributed by atoms with Crippen molar-refractivity contribution in [3.05, 3.63) is 102 Å². The van der Waals surface area contributed by atoms with Gasteiger partial charge in [-0.3, -0.25) is 4.79 Å². The number of amides is 1. The van der Waals surface area contributed by atoms with Crippen LogP contribution in [-0.2, 0) is 22.6 Å². The Balaban J connectivity index is 1.61. The quantitative estimate of drug-likeness (QED) is 0.596. The zero-order chi connectivity index (χ0) is 20.5. The smallest absolute Gasteiger partial charge is 0.328 e. The predicted molar refractivity (Wildman–Crippen MR) is 111 cm³/mol. The molecule has 1 unspecified atom stereocenters. The molecule has 148 valence electrons. The Morgan fingerprint density at radius 2 is 1.41 bits per heavy atom. The fourth-order valence-corrected chi connectivity index (χ4v) is 2.87. The van der Waals surface area contributed by atoms with Crippen molar-refractivity contribution in [2.24, 2.45) is 0 Å². The average Bonchev–Trinajstić information content (AvgIpc) is 2.78. The Kier molecular flexibility index (Phi) is 7.00. The molecular weight excluding hydrogens is 366 g/mol. The number of benzene rings is 3. The highest BCUT2D eigenvalue weighted by molar-refractivity contribution is 5.96. The van der Waals surface area contributed by atoms with E-state index in [2.05, 4.69) is 5.32 Å². The van der Waals surface area contributed by atoms with Gasteiger partial charge >= 0.3 is 5.97 Å². The van der Waals surface area contributed by atoms with Gasteiger partial charge in [-0.05, 0) is 35.4 Å². The average molecular weight is 389 g/mol. The van der Waals surface area contributed by atoms with Crippen molar-refractivity contribution in [1.29, 1.82) is 0 Å². The minimum Gasteiger partial charge on any atom is -0.489 e. The van der Waals surface area contributed by atoms with E-state index in [0.29, 0.717) is 24.3 Å². The standard InChI is InChI=1S/C24H23NO4/c1-28-24(27)22(16-18-8-4-2-5-9-18)25-23(26)20-12-14-21(15-13-20)29-17-19-10-6-3-7-11-19/h2-15,22H,16-17H2,1H3,(H,25,26). The molecule has 3 aromatic carbocycles. The zero-order valence-electron chi connectivity index (χ0n) is 16.2. The monoisotopic (exact) mass is 389 g/mol. The number of methoxy groups -OCH3 is 1. The SMILES string of the molecule is COC(=O)C(Cc1ccccc1)NC(=O)c1ccc(OCc2ccccc2)cc1. The van der Waals surface area contributed by atoms with E-state index in [-0.39, 0.29) is 5.91 Å². The fraction of sp³-hybridized carbons (Fsp3) is 0.167. The number of hydrogen-bond acceptors (Lipinski definition) is 4. The van der Waals surface area contributed by atoms with E-state index in [0.717, 1.165) is 11.1 Å². The lowest BCUT2D eigenvalue weighted by Crippen LogP contribution is -2.43. The van der Waals surface area contributed by atoms with Crippen LogP contribution in [-0.4, -0.2) is 25.0 Å². The van der Waals surface area contributed by atoms with E-state index in [9.17, 15) is 9.59 Å². The Labute approximate surface area is 170 Å². The highest BCUT2D eigenvalue weighted by atomic mass is 16.5. The normalized spacial score (nSPS) is 11.3. The van der Waals surface area contributed by atoms with Gasteiger partial charge in [0.15, 0.2) is 0 Å². The van der Waals surface area contributed by atoms with Crippen LogP contribution < -0.4 is 10.1 Å². The van der Waals surface area contributed by atoms with Crippen LogP contribution in [0.2, 0.25) is 0 Å². The maximum Gasteiger partial charge on any atom is 0.328 e. The first-order valence-electron chi connectivity index (χ1n) is 9.35. The molecule has 0 aromatic heterocycles. The molecule has 1 atom stereocenters. The van der Waals surface area contributed by atoms with Crippen LogP contribution in [0.1, 0.15) is 21.5 Å². The number of hydrogen-bond donors (Lipinski definition) is 1. The topological polar surface area (TPSA) is 64.6 Å². The van der Waals surface area contributed by atoms with Crippen LogP contribution in [0.3, 0.4) is 0 Å². The van der Waals surface area contributed by atoms with Gasteiger partial charge in [-0.15, -0.1) is 0 Å². The summed E-state index contributed by atoms with van der Waals surface area (Å²) in [7, 11) is 1.31. The second-order valence-electron chi connectivity index (χ2n) is 6.54. The van der Waals surface area contributed by atoms with E-state index in [1.165, 1.54) is 7.11 Å². The Morgan fingerprint density at radius 1 is 0.828 bits per heavy atom. The number of nitrogens with one attached hydrogen (secondary N) is 1. The summed E-state index contributed by atoms with van der Waals surface area (Å²) in [5, 5.41) is 2.76. The summed E-state index contributed by atoms with van der Waals surface area (Å²) in [6.07, 6.45) is 0.359. The molecule has 3 aromatic rings. The van der Waals surface area contributed by atoms with E-state index in [1.54, 1.807) is 24.3 Å². The zero-order valence-corrected chi connectivity index (χ0v) is 16.2. The van der Waals surface area contributed by atoms with Crippen LogP contribution in [0.15, 0.2) is 84.9 Å². The van der Waals surface area contributed by atoms with Crippen LogP contribution in [0.4, 0.5) is 0 Å². The summed E-state index contributed by atoms with van der Waals surface area (Å²) in [6.45, 7) is 0.452. The molecular formula is C24H23NO4. The molecule has 0 aliphatic carbocycles. The van der Waals surface area contributed by atoms with Gasteiger partial charge in [0.1, 0.15) is 18.4 Å². The first-order valence-corrected chi connectivity index (χ1v) is 9.35. The van der Waals surface area contributed by atoms with Gasteiger partial charge in [-0.2, -0.15) is 0 Å². The molecule has 3 rings (SSSR count). The minimum atomic E-state index is -0.760. The molecule has 0 aliphatic rings. The molecule has 5 heteroatoms. The molecule has 0 spiro atoms. The van der Waals surface area contributed by atoms with Gasteiger partial charge in [-0.1, -0.05) is 60.7 Å². The molecule has 0 radical (unpaired) electrons. The third-order valence-corrected chi connectivity index (χ3v) is 4.44. The molecule has 0 aliphatic heterocycles. The van der Waals surface area contributed by atoms with Gasteiger partial charge in [0.2, 0.25) is 0 Å². The largest absolute Gasteiger partial charge is 0.489 e. The fourth-order valence-electron chi connectivity index (χ4n) is 2.87.